The summed E-state index contributed by atoms with van der Waals surface area (Å²) >= 11 is 1.33. The largest absolute Gasteiger partial charge is 0.310 e. The van der Waals surface area contributed by atoms with Crippen LogP contribution in [0, 0.1) is 0 Å². The normalized spacial score (nSPS) is 10.9. The monoisotopic (exact) mass is 467 g/mol. The number of benzene rings is 2. The molecule has 3 aromatic heterocycles. The van der Waals surface area contributed by atoms with Crippen LogP contribution in [-0.2, 0) is 11.8 Å². The number of carbonyl (C=O) groups excluding carboxylic acids is 1. The minimum Gasteiger partial charge on any atom is -0.310 e. The fraction of sp³-hybridized carbons (Fsp3) is 0.0800. The van der Waals surface area contributed by atoms with Crippen LogP contribution in [0.5, 0.6) is 0 Å². The van der Waals surface area contributed by atoms with Gasteiger partial charge in [-0.2, -0.15) is 5.10 Å². The van der Waals surface area contributed by atoms with Gasteiger partial charge in [0.1, 0.15) is 5.82 Å². The van der Waals surface area contributed by atoms with Crippen molar-refractivity contribution in [3.05, 3.63) is 91.3 Å². The molecule has 0 saturated heterocycles. The molecule has 2 aromatic carbocycles. The Morgan fingerprint density at radius 2 is 1.62 bits per heavy atom. The first-order valence-electron chi connectivity index (χ1n) is 10.6. The Kier molecular flexibility index (Phi) is 6.17. The molecule has 0 fully saturated rings. The number of amides is 1. The molecule has 1 amide bonds. The van der Waals surface area contributed by atoms with Crippen LogP contribution in [0.15, 0.2) is 96.4 Å². The molecule has 1 N–H and O–H groups in total. The third-order valence-corrected chi connectivity index (χ3v) is 6.17. The van der Waals surface area contributed by atoms with E-state index in [1.807, 2.05) is 90.5 Å². The van der Waals surface area contributed by atoms with Crippen molar-refractivity contribution in [3.63, 3.8) is 0 Å². The zero-order valence-electron chi connectivity index (χ0n) is 18.4. The maximum absolute atomic E-state index is 12.9. The Morgan fingerprint density at radius 3 is 2.35 bits per heavy atom. The number of anilines is 1. The van der Waals surface area contributed by atoms with Gasteiger partial charge in [0.2, 0.25) is 5.91 Å². The van der Waals surface area contributed by atoms with Gasteiger partial charge in [-0.15, -0.1) is 10.2 Å². The van der Waals surface area contributed by atoms with Crippen molar-refractivity contribution < 1.29 is 4.79 Å². The first-order valence-corrected chi connectivity index (χ1v) is 11.6. The van der Waals surface area contributed by atoms with Crippen LogP contribution in [-0.4, -0.2) is 41.2 Å². The summed E-state index contributed by atoms with van der Waals surface area (Å²) in [6.45, 7) is 0. The van der Waals surface area contributed by atoms with E-state index in [1.54, 1.807) is 17.1 Å². The van der Waals surface area contributed by atoms with Crippen molar-refractivity contribution in [2.75, 3.05) is 11.1 Å². The van der Waals surface area contributed by atoms with Crippen LogP contribution in [0.3, 0.4) is 0 Å². The van der Waals surface area contributed by atoms with Gasteiger partial charge in [0.05, 0.1) is 17.1 Å². The molecule has 9 heteroatoms. The molecule has 0 atom stereocenters. The standard InChI is InChI=1S/C25H21N7OS/c1-31-24(19-12-14-26-15-13-19)28-29-25(31)34-17-23(33)27-22-16-21(18-8-4-2-5-9-18)30-32(22)20-10-6-3-7-11-20/h2-16H,17H2,1H3,(H,27,33). The molecule has 0 spiro atoms. The van der Waals surface area contributed by atoms with E-state index in [1.165, 1.54) is 11.8 Å². The molecule has 3 heterocycles. The van der Waals surface area contributed by atoms with Crippen LogP contribution >= 0.6 is 11.8 Å². The summed E-state index contributed by atoms with van der Waals surface area (Å²) in [5, 5.41) is 16.9. The topological polar surface area (TPSA) is 90.5 Å². The zero-order valence-corrected chi connectivity index (χ0v) is 19.2. The second-order valence-corrected chi connectivity index (χ2v) is 8.41. The molecule has 0 aliphatic rings. The Labute approximate surface area is 200 Å². The van der Waals surface area contributed by atoms with Crippen molar-refractivity contribution >= 4 is 23.5 Å². The molecular weight excluding hydrogens is 446 g/mol. The molecular formula is C25H21N7OS. The third-order valence-electron chi connectivity index (χ3n) is 5.15. The number of para-hydroxylation sites is 1. The molecule has 34 heavy (non-hydrogen) atoms. The van der Waals surface area contributed by atoms with Gasteiger partial charge in [-0.25, -0.2) is 4.68 Å². The highest BCUT2D eigenvalue weighted by Gasteiger charge is 2.16. The van der Waals surface area contributed by atoms with E-state index in [0.29, 0.717) is 11.0 Å². The highest BCUT2D eigenvalue weighted by atomic mass is 32.2. The first-order chi connectivity index (χ1) is 16.7. The lowest BCUT2D eigenvalue weighted by atomic mass is 10.2. The summed E-state index contributed by atoms with van der Waals surface area (Å²) < 4.78 is 3.61. The van der Waals surface area contributed by atoms with E-state index in [9.17, 15) is 4.79 Å². The number of thioether (sulfide) groups is 1. The number of pyridine rings is 1. The molecule has 8 nitrogen and oxygen atoms in total. The Hall–Kier alpha value is -4.24. The Balaban J connectivity index is 1.34. The summed E-state index contributed by atoms with van der Waals surface area (Å²) in [5.74, 6) is 1.35. The minimum absolute atomic E-state index is 0.157. The lowest BCUT2D eigenvalue weighted by Gasteiger charge is -2.08. The number of carbonyl (C=O) groups is 1. The average Bonchev–Trinajstić information content (AvgIpc) is 3.48. The SMILES string of the molecule is Cn1c(SCC(=O)Nc2cc(-c3ccccc3)nn2-c2ccccc2)nnc1-c1ccncc1. The van der Waals surface area contributed by atoms with Gasteiger partial charge in [0, 0.05) is 36.6 Å². The van der Waals surface area contributed by atoms with Crippen molar-refractivity contribution in [1.82, 2.24) is 29.5 Å². The zero-order chi connectivity index (χ0) is 23.3. The summed E-state index contributed by atoms with van der Waals surface area (Å²) in [6, 6.07) is 25.2. The van der Waals surface area contributed by atoms with E-state index in [4.69, 9.17) is 5.10 Å². The van der Waals surface area contributed by atoms with Crippen LogP contribution in [0.2, 0.25) is 0 Å². The van der Waals surface area contributed by atoms with E-state index in [2.05, 4.69) is 20.5 Å². The van der Waals surface area contributed by atoms with Gasteiger partial charge in [-0.1, -0.05) is 60.3 Å². The van der Waals surface area contributed by atoms with Crippen LogP contribution < -0.4 is 5.32 Å². The first kappa shape index (κ1) is 21.6. The van der Waals surface area contributed by atoms with Gasteiger partial charge in [-0.05, 0) is 24.3 Å². The van der Waals surface area contributed by atoms with E-state index in [0.717, 1.165) is 28.3 Å². The van der Waals surface area contributed by atoms with Crippen LogP contribution in [0.1, 0.15) is 0 Å². The molecule has 0 bridgehead atoms. The lowest BCUT2D eigenvalue weighted by Crippen LogP contribution is -2.17. The van der Waals surface area contributed by atoms with Crippen LogP contribution in [0.25, 0.3) is 28.3 Å². The molecule has 5 aromatic rings. The van der Waals surface area contributed by atoms with Crippen molar-refractivity contribution in [1.29, 1.82) is 0 Å². The van der Waals surface area contributed by atoms with Crippen molar-refractivity contribution in [3.8, 4) is 28.3 Å². The van der Waals surface area contributed by atoms with Crippen molar-refractivity contribution in [2.45, 2.75) is 5.16 Å². The second kappa shape index (κ2) is 9.72. The lowest BCUT2D eigenvalue weighted by molar-refractivity contribution is -0.113. The van der Waals surface area contributed by atoms with Crippen LogP contribution in [0.4, 0.5) is 5.82 Å². The van der Waals surface area contributed by atoms with Crippen molar-refractivity contribution in [2.24, 2.45) is 7.05 Å². The third kappa shape index (κ3) is 4.60. The molecule has 0 aliphatic heterocycles. The van der Waals surface area contributed by atoms with Gasteiger partial charge in [0.15, 0.2) is 11.0 Å². The van der Waals surface area contributed by atoms with Gasteiger partial charge < -0.3 is 9.88 Å². The summed E-state index contributed by atoms with van der Waals surface area (Å²) in [4.78, 5) is 16.9. The summed E-state index contributed by atoms with van der Waals surface area (Å²) in [6.07, 6.45) is 3.42. The van der Waals surface area contributed by atoms with Gasteiger partial charge in [-0.3, -0.25) is 9.78 Å². The molecule has 5 rings (SSSR count). The van der Waals surface area contributed by atoms with Gasteiger partial charge in [0.25, 0.3) is 0 Å². The fourth-order valence-electron chi connectivity index (χ4n) is 3.49. The second-order valence-electron chi connectivity index (χ2n) is 7.47. The minimum atomic E-state index is -0.157. The number of hydrogen-bond donors (Lipinski definition) is 1. The smallest absolute Gasteiger partial charge is 0.236 e. The number of aromatic nitrogens is 6. The molecule has 0 saturated carbocycles. The average molecular weight is 468 g/mol. The number of nitrogens with one attached hydrogen (secondary N) is 1. The highest BCUT2D eigenvalue weighted by Crippen LogP contribution is 2.26. The van der Waals surface area contributed by atoms with Gasteiger partial charge >= 0.3 is 0 Å². The van der Waals surface area contributed by atoms with E-state index >= 15 is 0 Å². The molecule has 0 radical (unpaired) electrons. The summed E-state index contributed by atoms with van der Waals surface area (Å²) in [7, 11) is 1.88. The maximum Gasteiger partial charge on any atom is 0.236 e. The maximum atomic E-state index is 12.9. The highest BCUT2D eigenvalue weighted by molar-refractivity contribution is 7.99. The molecule has 0 aliphatic carbocycles. The molecule has 168 valence electrons. The number of hydrogen-bond acceptors (Lipinski definition) is 6. The quantitative estimate of drug-likeness (QED) is 0.356. The number of rotatable bonds is 7. The summed E-state index contributed by atoms with van der Waals surface area (Å²) in [5.41, 5.74) is 3.54. The fourth-order valence-corrected chi connectivity index (χ4v) is 4.20. The predicted molar refractivity (Wildman–Crippen MR) is 133 cm³/mol. The Bertz CT molecular complexity index is 1400. The Morgan fingerprint density at radius 1 is 0.912 bits per heavy atom. The predicted octanol–water partition coefficient (Wildman–Crippen LogP) is 4.46. The number of nitrogens with zero attached hydrogens (tertiary/aromatic N) is 6. The van der Waals surface area contributed by atoms with E-state index in [-0.39, 0.29) is 11.7 Å². The van der Waals surface area contributed by atoms with E-state index < -0.39 is 0 Å². The molecule has 0 unspecified atom stereocenters.